The minimum Gasteiger partial charge on any atom is -0.453 e. The van der Waals surface area contributed by atoms with E-state index in [1.165, 1.54) is 11.8 Å². The molecule has 1 fully saturated rings. The van der Waals surface area contributed by atoms with Crippen LogP contribution < -0.4 is 5.32 Å². The molecule has 1 N–H and O–H groups in total. The van der Waals surface area contributed by atoms with Gasteiger partial charge in [-0.25, -0.2) is 0 Å². The van der Waals surface area contributed by atoms with Crippen LogP contribution >= 0.6 is 11.8 Å². The van der Waals surface area contributed by atoms with Gasteiger partial charge in [-0.15, -0.1) is 10.2 Å². The second-order valence-corrected chi connectivity index (χ2v) is 6.88. The monoisotopic (exact) mass is 365 g/mol. The van der Waals surface area contributed by atoms with E-state index in [0.29, 0.717) is 32.7 Å². The zero-order valence-electron chi connectivity index (χ0n) is 14.5. The van der Waals surface area contributed by atoms with Crippen molar-refractivity contribution in [2.75, 3.05) is 26.3 Å². The second kappa shape index (κ2) is 8.50. The summed E-state index contributed by atoms with van der Waals surface area (Å²) in [5.41, 5.74) is 0. The third-order valence-electron chi connectivity index (χ3n) is 4.00. The quantitative estimate of drug-likeness (QED) is 0.791. The van der Waals surface area contributed by atoms with Crippen LogP contribution in [0.15, 0.2) is 33.1 Å². The first kappa shape index (κ1) is 18.0. The smallest absolute Gasteiger partial charge is 0.221 e. The molecule has 3 heterocycles. The number of nitrogens with zero attached hydrogens (tertiary/aromatic N) is 4. The van der Waals surface area contributed by atoms with Gasteiger partial charge >= 0.3 is 0 Å². The van der Waals surface area contributed by atoms with Crippen molar-refractivity contribution in [3.05, 3.63) is 24.2 Å². The number of aryl methyl sites for hydroxylation is 1. The molecule has 9 heteroatoms. The maximum absolute atomic E-state index is 11.9. The van der Waals surface area contributed by atoms with E-state index < -0.39 is 0 Å². The van der Waals surface area contributed by atoms with Gasteiger partial charge in [0.1, 0.15) is 12.1 Å². The lowest BCUT2D eigenvalue weighted by Crippen LogP contribution is -2.47. The highest BCUT2D eigenvalue weighted by atomic mass is 32.2. The normalized spacial score (nSPS) is 18.4. The molecule has 0 unspecified atom stereocenters. The minimum absolute atomic E-state index is 0.0565. The molecule has 0 saturated carbocycles. The summed E-state index contributed by atoms with van der Waals surface area (Å²) in [6.07, 6.45) is 2.10. The lowest BCUT2D eigenvalue weighted by molar-refractivity contribution is -0.124. The van der Waals surface area contributed by atoms with E-state index in [2.05, 4.69) is 20.4 Å². The Hall–Kier alpha value is -1.84. The van der Waals surface area contributed by atoms with Gasteiger partial charge < -0.3 is 19.0 Å². The molecule has 2 aromatic rings. The largest absolute Gasteiger partial charge is 0.453 e. The number of hydrogen-bond donors (Lipinski definition) is 1. The van der Waals surface area contributed by atoms with Crippen molar-refractivity contribution in [3.8, 4) is 0 Å². The van der Waals surface area contributed by atoms with Gasteiger partial charge in [-0.2, -0.15) is 0 Å². The van der Waals surface area contributed by atoms with Gasteiger partial charge in [0.05, 0.1) is 19.8 Å². The van der Waals surface area contributed by atoms with Crippen molar-refractivity contribution in [3.63, 3.8) is 0 Å². The van der Waals surface area contributed by atoms with Crippen LogP contribution in [-0.2, 0) is 23.1 Å². The summed E-state index contributed by atoms with van der Waals surface area (Å²) in [4.78, 5) is 14.1. The lowest BCUT2D eigenvalue weighted by Gasteiger charge is -2.34. The standard InChI is InChI=1S/C16H23N5O3S/c1-3-17-14(22)8-12-10-23-7-6-21(12)9-13-4-5-15(24-13)25-16-19-18-11-20(16)2/h4-5,11-12H,3,6-10H2,1-2H3,(H,17,22)/t12-/m1/s1. The highest BCUT2D eigenvalue weighted by molar-refractivity contribution is 7.99. The number of nitrogens with one attached hydrogen (secondary N) is 1. The maximum atomic E-state index is 11.9. The van der Waals surface area contributed by atoms with Gasteiger partial charge in [0, 0.05) is 32.6 Å². The maximum Gasteiger partial charge on any atom is 0.221 e. The van der Waals surface area contributed by atoms with E-state index in [0.717, 1.165) is 22.6 Å². The molecule has 0 bridgehead atoms. The summed E-state index contributed by atoms with van der Waals surface area (Å²) in [7, 11) is 1.89. The van der Waals surface area contributed by atoms with Crippen molar-refractivity contribution >= 4 is 17.7 Å². The lowest BCUT2D eigenvalue weighted by atomic mass is 10.1. The zero-order valence-corrected chi connectivity index (χ0v) is 15.3. The molecule has 1 atom stereocenters. The van der Waals surface area contributed by atoms with Crippen molar-refractivity contribution < 1.29 is 13.9 Å². The number of carbonyl (C=O) groups is 1. The minimum atomic E-state index is 0.0565. The Kier molecular flexibility index (Phi) is 6.11. The number of aromatic nitrogens is 3. The number of ether oxygens (including phenoxy) is 1. The van der Waals surface area contributed by atoms with E-state index >= 15 is 0 Å². The van der Waals surface area contributed by atoms with Crippen molar-refractivity contribution in [2.24, 2.45) is 7.05 Å². The van der Waals surface area contributed by atoms with E-state index in [9.17, 15) is 4.79 Å². The fourth-order valence-corrected chi connectivity index (χ4v) is 3.47. The summed E-state index contributed by atoms with van der Waals surface area (Å²) in [5, 5.41) is 12.3. The summed E-state index contributed by atoms with van der Waals surface area (Å²) in [6.45, 7) is 5.26. The SMILES string of the molecule is CCNC(=O)C[C@@H]1COCCN1Cc1ccc(Sc2nncn2C)o1. The molecule has 3 rings (SSSR count). The fraction of sp³-hybridized carbons (Fsp3) is 0.562. The first-order valence-corrected chi connectivity index (χ1v) is 9.16. The van der Waals surface area contributed by atoms with Gasteiger partial charge in [0.15, 0.2) is 10.2 Å². The first-order valence-electron chi connectivity index (χ1n) is 8.34. The highest BCUT2D eigenvalue weighted by Gasteiger charge is 2.26. The topological polar surface area (TPSA) is 85.4 Å². The molecule has 0 aromatic carbocycles. The molecule has 1 aliphatic heterocycles. The summed E-state index contributed by atoms with van der Waals surface area (Å²) in [5.74, 6) is 0.924. The molecule has 136 valence electrons. The van der Waals surface area contributed by atoms with Gasteiger partial charge in [0.25, 0.3) is 0 Å². The molecule has 0 aliphatic carbocycles. The average Bonchev–Trinajstić information content (AvgIpc) is 3.19. The van der Waals surface area contributed by atoms with E-state index in [-0.39, 0.29) is 11.9 Å². The van der Waals surface area contributed by atoms with Crippen LogP contribution in [0.25, 0.3) is 0 Å². The Balaban J connectivity index is 1.60. The summed E-state index contributed by atoms with van der Waals surface area (Å²) in [6, 6.07) is 3.98. The van der Waals surface area contributed by atoms with Gasteiger partial charge in [-0.3, -0.25) is 9.69 Å². The predicted molar refractivity (Wildman–Crippen MR) is 92.2 cm³/mol. The number of morpholine rings is 1. The van der Waals surface area contributed by atoms with Crippen LogP contribution in [-0.4, -0.2) is 57.9 Å². The fourth-order valence-electron chi connectivity index (χ4n) is 2.72. The van der Waals surface area contributed by atoms with Crippen molar-refractivity contribution in [1.82, 2.24) is 25.0 Å². The second-order valence-electron chi connectivity index (χ2n) is 5.90. The van der Waals surface area contributed by atoms with Crippen molar-refractivity contribution in [2.45, 2.75) is 36.2 Å². The molecule has 0 radical (unpaired) electrons. The summed E-state index contributed by atoms with van der Waals surface area (Å²) < 4.78 is 13.3. The van der Waals surface area contributed by atoms with Crippen LogP contribution in [0.4, 0.5) is 0 Å². The van der Waals surface area contributed by atoms with E-state index in [1.54, 1.807) is 6.33 Å². The highest BCUT2D eigenvalue weighted by Crippen LogP contribution is 2.28. The molecule has 8 nitrogen and oxygen atoms in total. The molecule has 1 amide bonds. The molecule has 2 aromatic heterocycles. The van der Waals surface area contributed by atoms with Crippen LogP contribution in [0.3, 0.4) is 0 Å². The van der Waals surface area contributed by atoms with Gasteiger partial charge in [-0.1, -0.05) is 0 Å². The third-order valence-corrected chi connectivity index (χ3v) is 4.97. The predicted octanol–water partition coefficient (Wildman–Crippen LogP) is 1.29. The number of furan rings is 1. The molecule has 0 spiro atoms. The summed E-state index contributed by atoms with van der Waals surface area (Å²) >= 11 is 1.44. The van der Waals surface area contributed by atoms with E-state index in [1.807, 2.05) is 30.7 Å². The molecule has 1 aliphatic rings. The Morgan fingerprint density at radius 1 is 1.48 bits per heavy atom. The van der Waals surface area contributed by atoms with E-state index in [4.69, 9.17) is 9.15 Å². The van der Waals surface area contributed by atoms with Crippen LogP contribution in [0.1, 0.15) is 19.1 Å². The average molecular weight is 365 g/mol. The number of carbonyl (C=O) groups excluding carboxylic acids is 1. The number of rotatable bonds is 7. The van der Waals surface area contributed by atoms with Crippen LogP contribution in [0.2, 0.25) is 0 Å². The Morgan fingerprint density at radius 2 is 2.36 bits per heavy atom. The molecular weight excluding hydrogens is 342 g/mol. The molecule has 1 saturated heterocycles. The Morgan fingerprint density at radius 3 is 3.12 bits per heavy atom. The number of hydrogen-bond acceptors (Lipinski definition) is 7. The Bertz CT molecular complexity index is 702. The Labute approximate surface area is 150 Å². The van der Waals surface area contributed by atoms with Crippen molar-refractivity contribution in [1.29, 1.82) is 0 Å². The molecule has 25 heavy (non-hydrogen) atoms. The first-order chi connectivity index (χ1) is 12.2. The van der Waals surface area contributed by atoms with Crippen LogP contribution in [0.5, 0.6) is 0 Å². The van der Waals surface area contributed by atoms with Gasteiger partial charge in [-0.05, 0) is 30.8 Å². The third kappa shape index (κ3) is 4.83. The van der Waals surface area contributed by atoms with Crippen LogP contribution in [0, 0.1) is 0 Å². The zero-order chi connectivity index (χ0) is 17.6. The van der Waals surface area contributed by atoms with Gasteiger partial charge in [0.2, 0.25) is 5.91 Å². The number of amides is 1. The molecular formula is C16H23N5O3S.